The molecular formula is C24H24ClFN4O4. The summed E-state index contributed by atoms with van der Waals surface area (Å²) in [6.07, 6.45) is 3.72. The molecule has 8 nitrogen and oxygen atoms in total. The van der Waals surface area contributed by atoms with Gasteiger partial charge in [-0.25, -0.2) is 4.39 Å². The number of pyridine rings is 1. The zero-order valence-corrected chi connectivity index (χ0v) is 19.4. The number of rotatable bonds is 6. The van der Waals surface area contributed by atoms with Crippen LogP contribution in [0.15, 0.2) is 42.9 Å². The smallest absolute Gasteiger partial charge is 0.257 e. The number of nitrogens with zero attached hydrogens (tertiary/aromatic N) is 4. The molecule has 1 amide bonds. The highest BCUT2D eigenvalue weighted by Gasteiger charge is 2.44. The van der Waals surface area contributed by atoms with Crippen LogP contribution in [-0.2, 0) is 23.9 Å². The van der Waals surface area contributed by atoms with E-state index in [9.17, 15) is 15.0 Å². The molecule has 2 N–H and O–H groups in total. The van der Waals surface area contributed by atoms with Crippen molar-refractivity contribution in [2.75, 3.05) is 0 Å². The van der Waals surface area contributed by atoms with E-state index in [0.717, 1.165) is 0 Å². The molecule has 0 bridgehead atoms. The van der Waals surface area contributed by atoms with Crippen molar-refractivity contribution in [3.63, 3.8) is 0 Å². The van der Waals surface area contributed by atoms with Crippen molar-refractivity contribution in [3.05, 3.63) is 81.6 Å². The van der Waals surface area contributed by atoms with Gasteiger partial charge in [0.2, 0.25) is 0 Å². The van der Waals surface area contributed by atoms with Gasteiger partial charge < -0.3 is 19.8 Å². The van der Waals surface area contributed by atoms with Crippen molar-refractivity contribution in [2.24, 2.45) is 7.05 Å². The van der Waals surface area contributed by atoms with Crippen LogP contribution in [0.4, 0.5) is 4.39 Å². The molecule has 1 aliphatic carbocycles. The van der Waals surface area contributed by atoms with Crippen LogP contribution in [0.25, 0.3) is 0 Å². The second kappa shape index (κ2) is 8.42. The zero-order valence-electron chi connectivity index (χ0n) is 18.7. The number of hydrogen-bond acceptors (Lipinski definition) is 6. The first-order valence-electron chi connectivity index (χ1n) is 10.9. The lowest BCUT2D eigenvalue weighted by atomic mass is 9.88. The first kappa shape index (κ1) is 22.9. The Morgan fingerprint density at radius 3 is 2.65 bits per heavy atom. The number of aliphatic hydroxyl groups excluding tert-OH is 1. The number of halogens is 2. The number of benzene rings is 1. The van der Waals surface area contributed by atoms with Gasteiger partial charge in [-0.1, -0.05) is 11.6 Å². The average molecular weight is 487 g/mol. The molecule has 34 heavy (non-hydrogen) atoms. The fourth-order valence-corrected chi connectivity index (χ4v) is 4.50. The third-order valence-electron chi connectivity index (χ3n) is 6.49. The number of carbonyl (C=O) groups is 1. The van der Waals surface area contributed by atoms with Crippen molar-refractivity contribution in [1.29, 1.82) is 0 Å². The summed E-state index contributed by atoms with van der Waals surface area (Å²) in [5, 5.41) is 25.4. The summed E-state index contributed by atoms with van der Waals surface area (Å²) < 4.78 is 23.2. The normalized spacial score (nSPS) is 23.5. The molecule has 2 atom stereocenters. The Balaban J connectivity index is 1.53. The van der Waals surface area contributed by atoms with E-state index in [-0.39, 0.29) is 29.3 Å². The lowest BCUT2D eigenvalue weighted by Gasteiger charge is -2.36. The monoisotopic (exact) mass is 486 g/mol. The highest BCUT2D eigenvalue weighted by Crippen LogP contribution is 2.43. The highest BCUT2D eigenvalue weighted by molar-refractivity contribution is 6.30. The molecule has 2 aromatic heterocycles. The Morgan fingerprint density at radius 2 is 2.03 bits per heavy atom. The van der Waals surface area contributed by atoms with Gasteiger partial charge in [-0.3, -0.25) is 14.5 Å². The van der Waals surface area contributed by atoms with Crippen LogP contribution in [0.5, 0.6) is 0 Å². The van der Waals surface area contributed by atoms with E-state index in [0.29, 0.717) is 29.1 Å². The van der Waals surface area contributed by atoms with E-state index in [4.69, 9.17) is 16.3 Å². The molecule has 1 aromatic carbocycles. The van der Waals surface area contributed by atoms with Crippen LogP contribution < -0.4 is 0 Å². The third kappa shape index (κ3) is 3.98. The Labute approximate surface area is 200 Å². The largest absolute Gasteiger partial charge is 0.393 e. The SMILES string of the molecule is Cn1cc(C(C)(O)c2cc(F)c3c(c2)C(=O)N(Cc2ccc(Cl)cn2)[C@@H]3O[C@H]2C[C@H](O)C2)cn1. The summed E-state index contributed by atoms with van der Waals surface area (Å²) in [6, 6.07) is 6.10. The van der Waals surface area contributed by atoms with Crippen molar-refractivity contribution < 1.29 is 24.1 Å². The maximum atomic E-state index is 15.6. The zero-order chi connectivity index (χ0) is 24.2. The molecule has 5 rings (SSSR count). The minimum absolute atomic E-state index is 0.0817. The van der Waals surface area contributed by atoms with Crippen molar-refractivity contribution in [1.82, 2.24) is 19.7 Å². The molecule has 10 heteroatoms. The van der Waals surface area contributed by atoms with E-state index in [1.165, 1.54) is 41.0 Å². The molecule has 0 spiro atoms. The van der Waals surface area contributed by atoms with Crippen LogP contribution in [0.1, 0.15) is 58.7 Å². The van der Waals surface area contributed by atoms with Crippen LogP contribution >= 0.6 is 11.6 Å². The Hall–Kier alpha value is -2.85. The molecule has 0 saturated heterocycles. The Bertz CT molecular complexity index is 1240. The van der Waals surface area contributed by atoms with Gasteiger partial charge in [-0.05, 0) is 49.6 Å². The fourth-order valence-electron chi connectivity index (χ4n) is 4.39. The standard InChI is InChI=1S/C24H24ClFN4O4/c1-24(33,14-9-28-29(2)11-14)13-5-19-21(20(26)6-13)23(34-18-7-17(31)8-18)30(22(19)32)12-16-4-3-15(25)10-27-16/h3-6,9-11,17-18,23,31,33H,7-8,12H2,1-2H3/t17-,18-,23-,24?/m1/s1. The third-order valence-corrected chi connectivity index (χ3v) is 6.72. The van der Waals surface area contributed by atoms with E-state index >= 15 is 4.39 Å². The summed E-state index contributed by atoms with van der Waals surface area (Å²) >= 11 is 5.93. The molecular weight excluding hydrogens is 463 g/mol. The van der Waals surface area contributed by atoms with Crippen LogP contribution in [-0.4, -0.2) is 48.0 Å². The summed E-state index contributed by atoms with van der Waals surface area (Å²) in [4.78, 5) is 19.2. The first-order valence-corrected chi connectivity index (χ1v) is 11.3. The van der Waals surface area contributed by atoms with Gasteiger partial charge in [-0.15, -0.1) is 0 Å². The van der Waals surface area contributed by atoms with Gasteiger partial charge in [0.25, 0.3) is 5.91 Å². The number of ether oxygens (including phenoxy) is 1. The van der Waals surface area contributed by atoms with Gasteiger partial charge in [0.05, 0.1) is 41.2 Å². The summed E-state index contributed by atoms with van der Waals surface area (Å²) in [5.74, 6) is -1.08. The van der Waals surface area contributed by atoms with Crippen molar-refractivity contribution in [2.45, 2.75) is 50.3 Å². The predicted molar refractivity (Wildman–Crippen MR) is 120 cm³/mol. The fraction of sp³-hybridized carbons (Fsp3) is 0.375. The van der Waals surface area contributed by atoms with E-state index in [2.05, 4.69) is 10.1 Å². The molecule has 1 fully saturated rings. The van der Waals surface area contributed by atoms with Crippen LogP contribution in [0, 0.1) is 5.82 Å². The number of carbonyl (C=O) groups excluding carboxylic acids is 1. The minimum Gasteiger partial charge on any atom is -0.393 e. The number of hydrogen-bond donors (Lipinski definition) is 2. The summed E-state index contributed by atoms with van der Waals surface area (Å²) in [6.45, 7) is 1.61. The lowest BCUT2D eigenvalue weighted by Crippen LogP contribution is -2.39. The Morgan fingerprint density at radius 1 is 1.26 bits per heavy atom. The van der Waals surface area contributed by atoms with Crippen molar-refractivity contribution >= 4 is 17.5 Å². The highest BCUT2D eigenvalue weighted by atomic mass is 35.5. The second-order valence-electron chi connectivity index (χ2n) is 9.03. The maximum absolute atomic E-state index is 15.6. The topological polar surface area (TPSA) is 101 Å². The quantitative estimate of drug-likeness (QED) is 0.555. The van der Waals surface area contributed by atoms with Gasteiger partial charge in [-0.2, -0.15) is 5.10 Å². The second-order valence-corrected chi connectivity index (χ2v) is 9.47. The first-order chi connectivity index (χ1) is 16.1. The van der Waals surface area contributed by atoms with Crippen LogP contribution in [0.2, 0.25) is 5.02 Å². The van der Waals surface area contributed by atoms with Crippen molar-refractivity contribution in [3.8, 4) is 0 Å². The van der Waals surface area contributed by atoms with Gasteiger partial charge in [0, 0.05) is 30.6 Å². The number of amides is 1. The predicted octanol–water partition coefficient (Wildman–Crippen LogP) is 3.06. The van der Waals surface area contributed by atoms with E-state index in [1.54, 1.807) is 25.4 Å². The molecule has 1 saturated carbocycles. The number of aryl methyl sites for hydroxylation is 1. The minimum atomic E-state index is -1.57. The summed E-state index contributed by atoms with van der Waals surface area (Å²) in [5.41, 5.74) is -0.0585. The molecule has 178 valence electrons. The molecule has 0 radical (unpaired) electrons. The molecule has 2 aliphatic rings. The van der Waals surface area contributed by atoms with Gasteiger partial charge in [0.1, 0.15) is 11.4 Å². The number of aliphatic hydroxyl groups is 2. The number of fused-ring (bicyclic) bond motifs is 1. The van der Waals surface area contributed by atoms with Gasteiger partial charge in [0.15, 0.2) is 6.23 Å². The van der Waals surface area contributed by atoms with E-state index < -0.39 is 29.7 Å². The molecule has 3 heterocycles. The molecule has 1 unspecified atom stereocenters. The lowest BCUT2D eigenvalue weighted by molar-refractivity contribution is -0.144. The van der Waals surface area contributed by atoms with E-state index in [1.807, 2.05) is 0 Å². The van der Waals surface area contributed by atoms with Gasteiger partial charge >= 0.3 is 0 Å². The summed E-state index contributed by atoms with van der Waals surface area (Å²) in [7, 11) is 1.72. The molecule has 1 aliphatic heterocycles. The molecule has 3 aromatic rings. The number of aromatic nitrogens is 3. The Kier molecular flexibility index (Phi) is 5.68. The van der Waals surface area contributed by atoms with Crippen LogP contribution in [0.3, 0.4) is 0 Å². The average Bonchev–Trinajstić information content (AvgIpc) is 3.32. The maximum Gasteiger partial charge on any atom is 0.257 e.